The van der Waals surface area contributed by atoms with E-state index in [-0.39, 0.29) is 13.0 Å². The van der Waals surface area contributed by atoms with E-state index >= 15 is 0 Å². The number of ether oxygens (including phenoxy) is 1. The van der Waals surface area contributed by atoms with Crippen molar-refractivity contribution in [2.75, 3.05) is 6.61 Å². The summed E-state index contributed by atoms with van der Waals surface area (Å²) in [5.41, 5.74) is -6.48. The van der Waals surface area contributed by atoms with Crippen molar-refractivity contribution in [1.82, 2.24) is 0 Å². The molecule has 0 aliphatic carbocycles. The van der Waals surface area contributed by atoms with E-state index < -0.39 is 32.8 Å². The highest BCUT2D eigenvalue weighted by Crippen LogP contribution is 2.28. The summed E-state index contributed by atoms with van der Waals surface area (Å²) in [5.74, 6) is -0.998. The molecule has 0 rings (SSSR count). The quantitative estimate of drug-likeness (QED) is 0.326. The zero-order valence-electron chi connectivity index (χ0n) is 11.6. The van der Waals surface area contributed by atoms with Gasteiger partial charge in [-0.3, -0.25) is 4.79 Å². The van der Waals surface area contributed by atoms with Crippen LogP contribution in [0.15, 0.2) is 11.8 Å². The zero-order chi connectivity index (χ0) is 16.2. The molecule has 0 aromatic heterocycles. The Morgan fingerprint density at radius 2 is 1.75 bits per heavy atom. The Kier molecular flexibility index (Phi) is 6.06. The summed E-state index contributed by atoms with van der Waals surface area (Å²) in [4.78, 5) is 11.5. The van der Waals surface area contributed by atoms with Crippen molar-refractivity contribution in [3.05, 3.63) is 11.8 Å². The van der Waals surface area contributed by atoms with Gasteiger partial charge in [-0.1, -0.05) is 0 Å². The Morgan fingerprint density at radius 3 is 2.15 bits per heavy atom. The molecule has 0 saturated carbocycles. The monoisotopic (exact) mass is 318 g/mol. The smallest absolute Gasteiger partial charge is 0.466 e. The van der Waals surface area contributed by atoms with Crippen molar-refractivity contribution >= 4 is 16.1 Å². The van der Waals surface area contributed by atoms with Crippen molar-refractivity contribution < 1.29 is 35.3 Å². The Labute approximate surface area is 115 Å². The van der Waals surface area contributed by atoms with Crippen LogP contribution in [0.2, 0.25) is 0 Å². The molecule has 9 heteroatoms. The first-order chi connectivity index (χ1) is 8.83. The summed E-state index contributed by atoms with van der Waals surface area (Å²) in [5, 5.41) is 0. The van der Waals surface area contributed by atoms with Crippen LogP contribution < -0.4 is 0 Å². The molecular weight excluding hydrogens is 301 g/mol. The van der Waals surface area contributed by atoms with E-state index in [1.54, 1.807) is 6.92 Å². The molecule has 0 aromatic rings. The van der Waals surface area contributed by atoms with E-state index in [0.717, 1.165) is 13.0 Å². The van der Waals surface area contributed by atoms with E-state index in [9.17, 15) is 26.4 Å². The molecule has 0 aromatic carbocycles. The second kappa shape index (κ2) is 6.47. The number of hydrogen-bond acceptors (Lipinski definition) is 5. The van der Waals surface area contributed by atoms with Gasteiger partial charge in [0, 0.05) is 0 Å². The standard InChI is InChI=1S/C11H17F3O5S/c1-5-18-9(15)10(3,4)7-6-8(2)19-20(16,17)11(12,13)14/h6H,5,7H2,1-4H3/b8-6+. The molecule has 20 heavy (non-hydrogen) atoms. The summed E-state index contributed by atoms with van der Waals surface area (Å²) >= 11 is 0. The highest BCUT2D eigenvalue weighted by atomic mass is 32.2. The first-order valence-corrected chi connectivity index (χ1v) is 7.09. The third kappa shape index (κ3) is 5.40. The first kappa shape index (κ1) is 18.8. The Balaban J connectivity index is 4.82. The predicted octanol–water partition coefficient (Wildman–Crippen LogP) is 2.74. The summed E-state index contributed by atoms with van der Waals surface area (Å²) in [6, 6.07) is 0. The van der Waals surface area contributed by atoms with E-state index in [1.807, 2.05) is 0 Å². The molecule has 0 amide bonds. The summed E-state index contributed by atoms with van der Waals surface area (Å²) in [6.45, 7) is 5.89. The normalized spacial score (nSPS) is 14.1. The first-order valence-electron chi connectivity index (χ1n) is 5.68. The van der Waals surface area contributed by atoms with Crippen LogP contribution in [-0.4, -0.2) is 26.5 Å². The van der Waals surface area contributed by atoms with Crippen molar-refractivity contribution in [2.24, 2.45) is 5.41 Å². The molecule has 0 aliphatic heterocycles. The Hall–Kier alpha value is -1.25. The highest BCUT2D eigenvalue weighted by molar-refractivity contribution is 7.87. The number of halogens is 3. The fourth-order valence-electron chi connectivity index (χ4n) is 1.06. The highest BCUT2D eigenvalue weighted by Gasteiger charge is 2.48. The largest absolute Gasteiger partial charge is 0.534 e. The average Bonchev–Trinajstić information content (AvgIpc) is 2.24. The number of carbonyl (C=O) groups is 1. The van der Waals surface area contributed by atoms with Gasteiger partial charge < -0.3 is 8.92 Å². The topological polar surface area (TPSA) is 69.7 Å². The number of allylic oxidation sites excluding steroid dienone is 2. The molecule has 0 heterocycles. The predicted molar refractivity (Wildman–Crippen MR) is 64.8 cm³/mol. The average molecular weight is 318 g/mol. The SMILES string of the molecule is CCOC(=O)C(C)(C)C/C=C(\C)OS(=O)(=O)C(F)(F)F. The van der Waals surface area contributed by atoms with Crippen LogP contribution in [0.3, 0.4) is 0 Å². The van der Waals surface area contributed by atoms with E-state index in [2.05, 4.69) is 4.18 Å². The third-order valence-electron chi connectivity index (χ3n) is 2.25. The molecule has 0 unspecified atom stereocenters. The van der Waals surface area contributed by atoms with Crippen LogP contribution in [0, 0.1) is 5.41 Å². The summed E-state index contributed by atoms with van der Waals surface area (Å²) in [7, 11) is -5.68. The lowest BCUT2D eigenvalue weighted by molar-refractivity contribution is -0.153. The van der Waals surface area contributed by atoms with Gasteiger partial charge in [0.25, 0.3) is 0 Å². The van der Waals surface area contributed by atoms with Crippen molar-refractivity contribution in [2.45, 2.75) is 39.6 Å². The molecule has 5 nitrogen and oxygen atoms in total. The van der Waals surface area contributed by atoms with Crippen LogP contribution >= 0.6 is 0 Å². The zero-order valence-corrected chi connectivity index (χ0v) is 12.4. The molecule has 0 fully saturated rings. The third-order valence-corrected chi connectivity index (χ3v) is 3.30. The van der Waals surface area contributed by atoms with E-state index in [1.165, 1.54) is 13.8 Å². The van der Waals surface area contributed by atoms with Gasteiger partial charge in [-0.15, -0.1) is 0 Å². The lowest BCUT2D eigenvalue weighted by Crippen LogP contribution is -2.27. The summed E-state index contributed by atoms with van der Waals surface area (Å²) in [6.07, 6.45) is 1.07. The van der Waals surface area contributed by atoms with Crippen LogP contribution in [0.25, 0.3) is 0 Å². The molecule has 0 radical (unpaired) electrons. The maximum absolute atomic E-state index is 12.1. The van der Waals surface area contributed by atoms with Gasteiger partial charge >= 0.3 is 21.6 Å². The molecular formula is C11H17F3O5S. The molecule has 0 atom stereocenters. The van der Waals surface area contributed by atoms with Gasteiger partial charge in [-0.2, -0.15) is 21.6 Å². The van der Waals surface area contributed by atoms with Crippen LogP contribution in [0.1, 0.15) is 34.1 Å². The number of carbonyl (C=O) groups excluding carboxylic acids is 1. The maximum atomic E-state index is 12.1. The van der Waals surface area contributed by atoms with Crippen LogP contribution in [0.5, 0.6) is 0 Å². The second-order valence-corrected chi connectivity index (χ2v) is 6.14. The maximum Gasteiger partial charge on any atom is 0.534 e. The fourth-order valence-corrected chi connectivity index (χ4v) is 1.57. The van der Waals surface area contributed by atoms with E-state index in [4.69, 9.17) is 4.74 Å². The van der Waals surface area contributed by atoms with Crippen molar-refractivity contribution in [1.29, 1.82) is 0 Å². The van der Waals surface area contributed by atoms with Gasteiger partial charge in [0.1, 0.15) is 5.76 Å². The molecule has 118 valence electrons. The fraction of sp³-hybridized carbons (Fsp3) is 0.727. The van der Waals surface area contributed by atoms with Gasteiger partial charge in [-0.25, -0.2) is 0 Å². The van der Waals surface area contributed by atoms with Gasteiger partial charge in [0.05, 0.1) is 12.0 Å². The minimum absolute atomic E-state index is 0.0228. The Morgan fingerprint density at radius 1 is 1.25 bits per heavy atom. The molecule has 0 spiro atoms. The van der Waals surface area contributed by atoms with Crippen LogP contribution in [0.4, 0.5) is 13.2 Å². The lowest BCUT2D eigenvalue weighted by Gasteiger charge is -2.20. The number of hydrogen-bond donors (Lipinski definition) is 0. The number of esters is 1. The van der Waals surface area contributed by atoms with Crippen molar-refractivity contribution in [3.8, 4) is 0 Å². The van der Waals surface area contributed by atoms with E-state index in [0.29, 0.717) is 0 Å². The minimum atomic E-state index is -5.68. The number of alkyl halides is 3. The molecule has 0 saturated heterocycles. The van der Waals surface area contributed by atoms with Crippen molar-refractivity contribution in [3.63, 3.8) is 0 Å². The summed E-state index contributed by atoms with van der Waals surface area (Å²) < 4.78 is 66.4. The number of rotatable bonds is 6. The lowest BCUT2D eigenvalue weighted by atomic mass is 9.89. The van der Waals surface area contributed by atoms with Gasteiger partial charge in [0.15, 0.2) is 0 Å². The van der Waals surface area contributed by atoms with Gasteiger partial charge in [0.2, 0.25) is 0 Å². The second-order valence-electron chi connectivity index (χ2n) is 4.61. The van der Waals surface area contributed by atoms with Gasteiger partial charge in [-0.05, 0) is 40.2 Å². The Bertz CT molecular complexity index is 477. The molecule has 0 aliphatic rings. The molecule has 0 N–H and O–H groups in total. The van der Waals surface area contributed by atoms with Crippen LogP contribution in [-0.2, 0) is 23.8 Å². The molecule has 0 bridgehead atoms. The minimum Gasteiger partial charge on any atom is -0.466 e.